The summed E-state index contributed by atoms with van der Waals surface area (Å²) in [6, 6.07) is -0.833. The topological polar surface area (TPSA) is 75.6 Å². The first-order valence-electron chi connectivity index (χ1n) is 4.07. The molecule has 0 unspecified atom stereocenters. The van der Waals surface area contributed by atoms with E-state index >= 15 is 0 Å². The smallest absolute Gasteiger partial charge is 0.407 e. The molecule has 74 valence electrons. The van der Waals surface area contributed by atoms with Gasteiger partial charge in [-0.1, -0.05) is 6.92 Å². The van der Waals surface area contributed by atoms with Gasteiger partial charge in [-0.2, -0.15) is 0 Å². The zero-order valence-electron chi connectivity index (χ0n) is 7.66. The third-order valence-electron chi connectivity index (χ3n) is 2.43. The van der Waals surface area contributed by atoms with Crippen LogP contribution in [0.15, 0.2) is 0 Å². The zero-order valence-corrected chi connectivity index (χ0v) is 7.66. The van der Waals surface area contributed by atoms with E-state index in [2.05, 4.69) is 10.1 Å². The number of methoxy groups -OCH3 is 1. The van der Waals surface area contributed by atoms with Gasteiger partial charge in [0, 0.05) is 0 Å². The highest BCUT2D eigenvalue weighted by molar-refractivity contribution is 5.81. The Morgan fingerprint density at radius 1 is 1.54 bits per heavy atom. The number of rotatable bonds is 3. The monoisotopic (exact) mass is 187 g/mol. The maximum absolute atomic E-state index is 10.8. The minimum Gasteiger partial charge on any atom is -0.480 e. The number of alkyl carbamates (subject to hydrolysis) is 1. The highest BCUT2D eigenvalue weighted by atomic mass is 16.5. The van der Waals surface area contributed by atoms with E-state index in [4.69, 9.17) is 5.11 Å². The van der Waals surface area contributed by atoms with Crippen molar-refractivity contribution < 1.29 is 19.4 Å². The minimum atomic E-state index is -1.01. The molecule has 0 spiro atoms. The number of hydrogen-bond donors (Lipinski definition) is 2. The normalized spacial score (nSPS) is 20.2. The number of carbonyl (C=O) groups is 2. The van der Waals surface area contributed by atoms with E-state index in [0.717, 1.165) is 12.8 Å². The molecule has 0 bridgehead atoms. The average Bonchev–Trinajstić information content (AvgIpc) is 2.79. The molecule has 1 saturated carbocycles. The van der Waals surface area contributed by atoms with E-state index < -0.39 is 18.1 Å². The molecule has 1 amide bonds. The van der Waals surface area contributed by atoms with Crippen LogP contribution >= 0.6 is 0 Å². The lowest BCUT2D eigenvalue weighted by molar-refractivity contribution is -0.141. The predicted octanol–water partition coefficient (Wildman–Crippen LogP) is 0.596. The Hall–Kier alpha value is -1.26. The lowest BCUT2D eigenvalue weighted by Crippen LogP contribution is -2.46. The molecule has 5 heteroatoms. The summed E-state index contributed by atoms with van der Waals surface area (Å²) in [5.74, 6) is -1.01. The zero-order chi connectivity index (χ0) is 10.1. The maximum Gasteiger partial charge on any atom is 0.407 e. The quantitative estimate of drug-likeness (QED) is 0.678. The molecule has 13 heavy (non-hydrogen) atoms. The highest BCUT2D eigenvalue weighted by Crippen LogP contribution is 2.48. The van der Waals surface area contributed by atoms with Crippen LogP contribution in [0.1, 0.15) is 19.8 Å². The molecule has 0 aliphatic heterocycles. The number of ether oxygens (including phenoxy) is 1. The molecule has 0 aromatic heterocycles. The van der Waals surface area contributed by atoms with Crippen LogP contribution in [0.25, 0.3) is 0 Å². The fourth-order valence-electron chi connectivity index (χ4n) is 1.20. The van der Waals surface area contributed by atoms with E-state index in [0.29, 0.717) is 0 Å². The Morgan fingerprint density at radius 2 is 2.08 bits per heavy atom. The molecule has 2 N–H and O–H groups in total. The summed E-state index contributed by atoms with van der Waals surface area (Å²) in [6.07, 6.45) is 0.961. The largest absolute Gasteiger partial charge is 0.480 e. The SMILES string of the molecule is COC(=O)N[C@H](C(=O)O)C1(C)CC1. The molecule has 0 heterocycles. The molecule has 1 rings (SSSR count). The third kappa shape index (κ3) is 2.11. The fourth-order valence-corrected chi connectivity index (χ4v) is 1.20. The fraction of sp³-hybridized carbons (Fsp3) is 0.750. The molecule has 0 aromatic rings. The highest BCUT2D eigenvalue weighted by Gasteiger charge is 2.49. The number of hydrogen-bond acceptors (Lipinski definition) is 3. The van der Waals surface area contributed by atoms with Crippen molar-refractivity contribution in [3.8, 4) is 0 Å². The van der Waals surface area contributed by atoms with Gasteiger partial charge in [0.25, 0.3) is 0 Å². The predicted molar refractivity (Wildman–Crippen MR) is 44.3 cm³/mol. The summed E-state index contributed by atoms with van der Waals surface area (Å²) in [5.41, 5.74) is -0.292. The van der Waals surface area contributed by atoms with Crippen LogP contribution in [0.5, 0.6) is 0 Å². The van der Waals surface area contributed by atoms with Crippen LogP contribution in [-0.2, 0) is 9.53 Å². The lowest BCUT2D eigenvalue weighted by atomic mass is 9.99. The van der Waals surface area contributed by atoms with Gasteiger partial charge in [-0.25, -0.2) is 9.59 Å². The number of carboxylic acids is 1. The van der Waals surface area contributed by atoms with E-state index in [1.807, 2.05) is 6.92 Å². The second-order valence-electron chi connectivity index (χ2n) is 3.56. The van der Waals surface area contributed by atoms with Gasteiger partial charge in [0.15, 0.2) is 0 Å². The van der Waals surface area contributed by atoms with Crippen molar-refractivity contribution in [2.75, 3.05) is 7.11 Å². The van der Waals surface area contributed by atoms with Crippen molar-refractivity contribution in [1.82, 2.24) is 5.32 Å². The van der Waals surface area contributed by atoms with Gasteiger partial charge in [-0.15, -0.1) is 0 Å². The number of aliphatic carboxylic acids is 1. The van der Waals surface area contributed by atoms with Crippen LogP contribution in [0.2, 0.25) is 0 Å². The van der Waals surface area contributed by atoms with Gasteiger partial charge >= 0.3 is 12.1 Å². The van der Waals surface area contributed by atoms with Gasteiger partial charge < -0.3 is 15.2 Å². The summed E-state index contributed by atoms with van der Waals surface area (Å²) in [5, 5.41) is 11.1. The van der Waals surface area contributed by atoms with Crippen molar-refractivity contribution >= 4 is 12.1 Å². The van der Waals surface area contributed by atoms with Crippen LogP contribution < -0.4 is 5.32 Å². The number of carbonyl (C=O) groups excluding carboxylic acids is 1. The van der Waals surface area contributed by atoms with Crippen molar-refractivity contribution in [2.24, 2.45) is 5.41 Å². The molecular formula is C8H13NO4. The van der Waals surface area contributed by atoms with Crippen molar-refractivity contribution in [3.05, 3.63) is 0 Å². The first-order chi connectivity index (χ1) is 5.99. The van der Waals surface area contributed by atoms with Crippen molar-refractivity contribution in [2.45, 2.75) is 25.8 Å². The maximum atomic E-state index is 10.8. The Balaban J connectivity index is 2.59. The summed E-state index contributed by atoms with van der Waals surface area (Å²) in [7, 11) is 1.21. The van der Waals surface area contributed by atoms with Crippen LogP contribution in [-0.4, -0.2) is 30.3 Å². The standard InChI is InChI=1S/C8H13NO4/c1-8(3-4-8)5(6(10)11)9-7(12)13-2/h5H,3-4H2,1-2H3,(H,9,12)(H,10,11)/t5-/m1/s1. The van der Waals surface area contributed by atoms with Gasteiger partial charge in [0.2, 0.25) is 0 Å². The van der Waals surface area contributed by atoms with E-state index in [9.17, 15) is 9.59 Å². The van der Waals surface area contributed by atoms with E-state index in [-0.39, 0.29) is 5.41 Å². The molecular weight excluding hydrogens is 174 g/mol. The van der Waals surface area contributed by atoms with Crippen LogP contribution in [0, 0.1) is 5.41 Å². The molecule has 1 atom stereocenters. The van der Waals surface area contributed by atoms with Crippen LogP contribution in [0.4, 0.5) is 4.79 Å². The molecule has 1 fully saturated rings. The molecule has 5 nitrogen and oxygen atoms in total. The molecule has 0 aromatic carbocycles. The van der Waals surface area contributed by atoms with Crippen molar-refractivity contribution in [3.63, 3.8) is 0 Å². The Labute approximate surface area is 76.1 Å². The molecule has 0 radical (unpaired) electrons. The van der Waals surface area contributed by atoms with Gasteiger partial charge in [-0.3, -0.25) is 0 Å². The Bertz CT molecular complexity index is 234. The lowest BCUT2D eigenvalue weighted by Gasteiger charge is -2.19. The van der Waals surface area contributed by atoms with E-state index in [1.54, 1.807) is 0 Å². The Morgan fingerprint density at radius 3 is 2.38 bits per heavy atom. The summed E-state index contributed by atoms with van der Waals surface area (Å²) >= 11 is 0. The van der Waals surface area contributed by atoms with Gasteiger partial charge in [0.05, 0.1) is 7.11 Å². The number of nitrogens with one attached hydrogen (secondary N) is 1. The summed E-state index contributed by atoms with van der Waals surface area (Å²) < 4.78 is 4.34. The second-order valence-corrected chi connectivity index (χ2v) is 3.56. The third-order valence-corrected chi connectivity index (χ3v) is 2.43. The first kappa shape index (κ1) is 9.83. The van der Waals surface area contributed by atoms with E-state index in [1.165, 1.54) is 7.11 Å². The molecule has 1 aliphatic rings. The number of carboxylic acid groups (broad SMARTS) is 1. The number of amides is 1. The van der Waals surface area contributed by atoms with Gasteiger partial charge in [0.1, 0.15) is 6.04 Å². The average molecular weight is 187 g/mol. The van der Waals surface area contributed by atoms with Gasteiger partial charge in [-0.05, 0) is 18.3 Å². The second kappa shape index (κ2) is 3.24. The molecule has 0 saturated heterocycles. The molecule has 1 aliphatic carbocycles. The van der Waals surface area contributed by atoms with Crippen LogP contribution in [0.3, 0.4) is 0 Å². The minimum absolute atomic E-state index is 0.292. The summed E-state index contributed by atoms with van der Waals surface area (Å²) in [6.45, 7) is 1.84. The first-order valence-corrected chi connectivity index (χ1v) is 4.07. The Kier molecular flexibility index (Phi) is 2.45. The van der Waals surface area contributed by atoms with Crippen molar-refractivity contribution in [1.29, 1.82) is 0 Å². The summed E-state index contributed by atoms with van der Waals surface area (Å²) in [4.78, 5) is 21.6.